The van der Waals surface area contributed by atoms with Gasteiger partial charge in [0.2, 0.25) is 5.95 Å². The molecular formula is C62H39N3O. The maximum atomic E-state index is 6.18. The zero-order chi connectivity index (χ0) is 43.6. The topological polar surface area (TPSA) is 43.9 Å². The summed E-state index contributed by atoms with van der Waals surface area (Å²) >= 11 is 0. The number of hydrogen-bond donors (Lipinski definition) is 0. The molecule has 0 aliphatic heterocycles. The largest absolute Gasteiger partial charge is 0.456 e. The van der Waals surface area contributed by atoms with Crippen molar-refractivity contribution >= 4 is 54.5 Å². The number of rotatable bonds is 7. The van der Waals surface area contributed by atoms with E-state index < -0.39 is 0 Å². The molecule has 4 heteroatoms. The van der Waals surface area contributed by atoms with Gasteiger partial charge in [0.25, 0.3) is 0 Å². The summed E-state index contributed by atoms with van der Waals surface area (Å²) in [6.07, 6.45) is 0. The predicted octanol–water partition coefficient (Wildman–Crippen LogP) is 16.6. The molecule has 0 amide bonds. The van der Waals surface area contributed by atoms with E-state index in [0.717, 1.165) is 88.5 Å². The van der Waals surface area contributed by atoms with Crippen molar-refractivity contribution in [2.75, 3.05) is 0 Å². The molecule has 0 unspecified atom stereocenters. The van der Waals surface area contributed by atoms with Crippen LogP contribution in [0, 0.1) is 0 Å². The first-order chi connectivity index (χ1) is 32.7. The van der Waals surface area contributed by atoms with Gasteiger partial charge in [0.05, 0.1) is 22.4 Å². The molecule has 66 heavy (non-hydrogen) atoms. The van der Waals surface area contributed by atoms with Crippen molar-refractivity contribution < 1.29 is 4.42 Å². The van der Waals surface area contributed by atoms with Gasteiger partial charge in [-0.2, -0.15) is 0 Å². The molecule has 0 N–H and O–H groups in total. The van der Waals surface area contributed by atoms with Crippen molar-refractivity contribution in [3.05, 3.63) is 237 Å². The molecular weight excluding hydrogens is 803 g/mol. The fourth-order valence-corrected chi connectivity index (χ4v) is 9.82. The van der Waals surface area contributed by atoms with Crippen LogP contribution in [0.3, 0.4) is 0 Å². The Balaban J connectivity index is 0.950. The van der Waals surface area contributed by atoms with Crippen molar-refractivity contribution in [1.82, 2.24) is 14.5 Å². The number of fused-ring (bicyclic) bond motifs is 7. The van der Waals surface area contributed by atoms with E-state index >= 15 is 0 Å². The summed E-state index contributed by atoms with van der Waals surface area (Å²) in [4.78, 5) is 10.8. The van der Waals surface area contributed by atoms with Crippen LogP contribution in [0.2, 0.25) is 0 Å². The first-order valence-corrected chi connectivity index (χ1v) is 22.4. The summed E-state index contributed by atoms with van der Waals surface area (Å²) in [5.74, 6) is 0.623. The maximum absolute atomic E-state index is 6.18. The molecule has 0 bridgehead atoms. The average Bonchev–Trinajstić information content (AvgIpc) is 3.94. The minimum Gasteiger partial charge on any atom is -0.456 e. The van der Waals surface area contributed by atoms with Gasteiger partial charge in [-0.25, -0.2) is 9.97 Å². The third-order valence-electron chi connectivity index (χ3n) is 13.1. The molecule has 0 saturated heterocycles. The van der Waals surface area contributed by atoms with E-state index in [1.165, 1.54) is 33.0 Å². The van der Waals surface area contributed by atoms with Crippen LogP contribution in [-0.2, 0) is 0 Å². The number of aromatic nitrogens is 3. The molecule has 3 heterocycles. The van der Waals surface area contributed by atoms with Crippen molar-refractivity contribution in [3.63, 3.8) is 0 Å². The van der Waals surface area contributed by atoms with E-state index in [0.29, 0.717) is 5.95 Å². The molecule has 0 fully saturated rings. The summed E-state index contributed by atoms with van der Waals surface area (Å²) in [6, 6.07) is 84.1. The van der Waals surface area contributed by atoms with Gasteiger partial charge in [-0.05, 0) is 97.7 Å². The molecule has 0 atom stereocenters. The first-order valence-electron chi connectivity index (χ1n) is 22.4. The van der Waals surface area contributed by atoms with E-state index in [1.54, 1.807) is 0 Å². The van der Waals surface area contributed by atoms with Gasteiger partial charge in [0.1, 0.15) is 11.2 Å². The Kier molecular flexibility index (Phi) is 8.81. The summed E-state index contributed by atoms with van der Waals surface area (Å²) in [5, 5.41) is 6.95. The molecule has 10 aromatic carbocycles. The maximum Gasteiger partial charge on any atom is 0.235 e. The van der Waals surface area contributed by atoms with Crippen LogP contribution in [-0.4, -0.2) is 14.5 Å². The lowest BCUT2D eigenvalue weighted by molar-refractivity contribution is 0.669. The number of nitrogens with zero attached hydrogens (tertiary/aromatic N) is 3. The lowest BCUT2D eigenvalue weighted by atomic mass is 9.92. The van der Waals surface area contributed by atoms with Crippen LogP contribution in [0.1, 0.15) is 0 Å². The van der Waals surface area contributed by atoms with Gasteiger partial charge >= 0.3 is 0 Å². The monoisotopic (exact) mass is 841 g/mol. The standard InChI is InChI=1S/C62H39N3O/c1-3-13-40(14-4-1)42-25-29-44(30-26-42)56-39-57(45-31-27-43(28-32-45)41-15-5-2-6-16-41)64-62(63-56)65-58-23-9-7-17-52(58)54-37-46(33-35-59(54)65)48-19-11-22-51-49(20-12-21-50(48)51)47-34-36-61-55(38-47)53-18-8-10-24-60(53)66-61/h1-39H. The average molecular weight is 842 g/mol. The minimum atomic E-state index is 0.623. The SMILES string of the molecule is c1ccc(-c2ccc(-c3cc(-c4ccc(-c5ccccc5)cc4)nc(-n4c5ccccc5c5cc(-c6cccc7c(-c8ccc9oc%10ccccc%10c9c8)cccc67)ccc54)n3)cc2)cc1. The third kappa shape index (κ3) is 6.38. The summed E-state index contributed by atoms with van der Waals surface area (Å²) in [6.45, 7) is 0. The smallest absolute Gasteiger partial charge is 0.235 e. The van der Waals surface area contributed by atoms with E-state index in [2.05, 4.69) is 229 Å². The Labute approximate surface area is 381 Å². The Morgan fingerprint density at radius 1 is 0.273 bits per heavy atom. The van der Waals surface area contributed by atoms with Gasteiger partial charge in [0.15, 0.2) is 0 Å². The predicted molar refractivity (Wildman–Crippen MR) is 274 cm³/mol. The molecule has 0 saturated carbocycles. The molecule has 0 spiro atoms. The van der Waals surface area contributed by atoms with E-state index in [-0.39, 0.29) is 0 Å². The van der Waals surface area contributed by atoms with Crippen LogP contribution >= 0.6 is 0 Å². The first kappa shape index (κ1) is 37.7. The molecule has 0 radical (unpaired) electrons. The molecule has 13 aromatic rings. The van der Waals surface area contributed by atoms with Crippen molar-refractivity contribution in [3.8, 4) is 73.0 Å². The summed E-state index contributed by atoms with van der Waals surface area (Å²) < 4.78 is 8.41. The second kappa shape index (κ2) is 15.4. The van der Waals surface area contributed by atoms with Crippen LogP contribution in [0.25, 0.3) is 127 Å². The van der Waals surface area contributed by atoms with Gasteiger partial charge < -0.3 is 4.42 Å². The zero-order valence-electron chi connectivity index (χ0n) is 35.8. The quantitative estimate of drug-likeness (QED) is 0.161. The van der Waals surface area contributed by atoms with Crippen LogP contribution < -0.4 is 0 Å². The molecule has 4 nitrogen and oxygen atoms in total. The molecule has 308 valence electrons. The number of para-hydroxylation sites is 2. The molecule has 3 aromatic heterocycles. The highest BCUT2D eigenvalue weighted by atomic mass is 16.3. The van der Waals surface area contributed by atoms with E-state index in [1.807, 2.05) is 12.1 Å². The number of furan rings is 1. The molecule has 0 aliphatic carbocycles. The fourth-order valence-electron chi connectivity index (χ4n) is 9.82. The molecule has 13 rings (SSSR count). The Bertz CT molecular complexity index is 3860. The van der Waals surface area contributed by atoms with Gasteiger partial charge in [0, 0.05) is 32.7 Å². The van der Waals surface area contributed by atoms with Crippen molar-refractivity contribution in [2.45, 2.75) is 0 Å². The fraction of sp³-hybridized carbons (Fsp3) is 0. The summed E-state index contributed by atoms with van der Waals surface area (Å²) in [5.41, 5.74) is 17.0. The highest BCUT2D eigenvalue weighted by Gasteiger charge is 2.19. The van der Waals surface area contributed by atoms with E-state index in [9.17, 15) is 0 Å². The number of benzene rings is 10. The normalized spacial score (nSPS) is 11.6. The van der Waals surface area contributed by atoms with Gasteiger partial charge in [-0.3, -0.25) is 4.57 Å². The van der Waals surface area contributed by atoms with Crippen molar-refractivity contribution in [1.29, 1.82) is 0 Å². The Morgan fingerprint density at radius 3 is 1.33 bits per heavy atom. The van der Waals surface area contributed by atoms with Gasteiger partial charge in [-0.1, -0.05) is 194 Å². The van der Waals surface area contributed by atoms with Gasteiger partial charge in [-0.15, -0.1) is 0 Å². The highest BCUT2D eigenvalue weighted by Crippen LogP contribution is 2.41. The summed E-state index contributed by atoms with van der Waals surface area (Å²) in [7, 11) is 0. The lowest BCUT2D eigenvalue weighted by Gasteiger charge is -2.13. The lowest BCUT2D eigenvalue weighted by Crippen LogP contribution is -2.04. The Morgan fingerprint density at radius 2 is 0.712 bits per heavy atom. The Hall–Kier alpha value is -8.86. The van der Waals surface area contributed by atoms with Crippen molar-refractivity contribution in [2.24, 2.45) is 0 Å². The highest BCUT2D eigenvalue weighted by molar-refractivity contribution is 6.13. The van der Waals surface area contributed by atoms with E-state index in [4.69, 9.17) is 14.4 Å². The second-order valence-electron chi connectivity index (χ2n) is 16.9. The zero-order valence-corrected chi connectivity index (χ0v) is 35.8. The molecule has 0 aliphatic rings. The van der Waals surface area contributed by atoms with Crippen LogP contribution in [0.15, 0.2) is 241 Å². The van der Waals surface area contributed by atoms with Crippen LogP contribution in [0.4, 0.5) is 0 Å². The number of hydrogen-bond acceptors (Lipinski definition) is 3. The third-order valence-corrected chi connectivity index (χ3v) is 13.1. The second-order valence-corrected chi connectivity index (χ2v) is 16.9. The van der Waals surface area contributed by atoms with Crippen LogP contribution in [0.5, 0.6) is 0 Å². The minimum absolute atomic E-state index is 0.623.